The maximum absolute atomic E-state index is 11.7. The van der Waals surface area contributed by atoms with E-state index < -0.39 is 17.9 Å². The van der Waals surface area contributed by atoms with Gasteiger partial charge < -0.3 is 15.7 Å². The molecule has 0 radical (unpaired) electrons. The van der Waals surface area contributed by atoms with Gasteiger partial charge in [-0.3, -0.25) is 9.59 Å². The number of nitrogens with zero attached hydrogens (tertiary/aromatic N) is 1. The fourth-order valence-corrected chi connectivity index (χ4v) is 3.19. The summed E-state index contributed by atoms with van der Waals surface area (Å²) in [5.41, 5.74) is 1.39. The Morgan fingerprint density at radius 1 is 1.29 bits per heavy atom. The Labute approximate surface area is 145 Å². The van der Waals surface area contributed by atoms with Crippen molar-refractivity contribution in [3.8, 4) is 0 Å². The number of aliphatic carboxylic acids is 1. The number of carbonyl (C=O) groups is 3. The van der Waals surface area contributed by atoms with Crippen molar-refractivity contribution >= 4 is 36.0 Å². The largest absolute Gasteiger partial charge is 0.481 e. The Kier molecular flexibility index (Phi) is 5.80. The van der Waals surface area contributed by atoms with Crippen molar-refractivity contribution in [3.05, 3.63) is 29.8 Å². The zero-order chi connectivity index (χ0) is 16.4. The van der Waals surface area contributed by atoms with Gasteiger partial charge in [0.25, 0.3) is 5.91 Å². The van der Waals surface area contributed by atoms with Crippen LogP contribution in [0.15, 0.2) is 24.3 Å². The number of hydrogen-bond acceptors (Lipinski definition) is 4. The molecule has 2 aliphatic heterocycles. The van der Waals surface area contributed by atoms with Gasteiger partial charge in [-0.2, -0.15) is 0 Å². The number of amides is 3. The molecule has 0 spiro atoms. The Morgan fingerprint density at radius 3 is 2.50 bits per heavy atom. The Bertz CT molecular complexity index is 613. The van der Waals surface area contributed by atoms with E-state index in [0.29, 0.717) is 12.1 Å². The predicted molar refractivity (Wildman–Crippen MR) is 90.4 cm³/mol. The molecule has 2 atom stereocenters. The highest BCUT2D eigenvalue weighted by Crippen LogP contribution is 2.25. The molecule has 2 fully saturated rings. The number of rotatable bonds is 5. The molecule has 0 aliphatic carbocycles. The first-order valence-electron chi connectivity index (χ1n) is 7.69. The van der Waals surface area contributed by atoms with E-state index in [-0.39, 0.29) is 30.8 Å². The molecule has 24 heavy (non-hydrogen) atoms. The number of benzene rings is 1. The van der Waals surface area contributed by atoms with Crippen LogP contribution in [-0.2, 0) is 16.0 Å². The number of urea groups is 1. The van der Waals surface area contributed by atoms with Gasteiger partial charge >= 0.3 is 12.0 Å². The Balaban J connectivity index is 0.00000208. The van der Waals surface area contributed by atoms with E-state index in [2.05, 4.69) is 10.6 Å². The third-order valence-corrected chi connectivity index (χ3v) is 4.48. The molecule has 8 heteroatoms. The fraction of sp³-hybridized carbons (Fsp3) is 0.438. The Hall–Kier alpha value is -2.12. The summed E-state index contributed by atoms with van der Waals surface area (Å²) >= 11 is 0. The van der Waals surface area contributed by atoms with Crippen molar-refractivity contribution in [2.75, 3.05) is 24.5 Å². The van der Waals surface area contributed by atoms with Crippen LogP contribution in [0.4, 0.5) is 10.5 Å². The molecule has 7 nitrogen and oxygen atoms in total. The number of halogens is 1. The minimum Gasteiger partial charge on any atom is -0.481 e. The molecule has 0 aromatic heterocycles. The summed E-state index contributed by atoms with van der Waals surface area (Å²) in [5, 5.41) is 15.1. The average molecular weight is 354 g/mol. The highest BCUT2D eigenvalue weighted by molar-refractivity contribution is 6.19. The first kappa shape index (κ1) is 18.2. The van der Waals surface area contributed by atoms with Gasteiger partial charge in [-0.15, -0.1) is 12.4 Å². The van der Waals surface area contributed by atoms with Crippen LogP contribution in [0, 0.1) is 11.8 Å². The van der Waals surface area contributed by atoms with Crippen LogP contribution in [0.5, 0.6) is 0 Å². The molecule has 0 unspecified atom stereocenters. The number of carbonyl (C=O) groups excluding carboxylic acids is 2. The van der Waals surface area contributed by atoms with E-state index in [1.165, 1.54) is 0 Å². The summed E-state index contributed by atoms with van der Waals surface area (Å²) in [6.45, 7) is 1.60. The van der Waals surface area contributed by atoms with Crippen LogP contribution in [0.3, 0.4) is 0 Å². The minimum absolute atomic E-state index is 0. The van der Waals surface area contributed by atoms with E-state index in [9.17, 15) is 19.5 Å². The number of carboxylic acids is 1. The van der Waals surface area contributed by atoms with E-state index in [0.717, 1.165) is 30.0 Å². The maximum Gasteiger partial charge on any atom is 0.329 e. The quantitative estimate of drug-likeness (QED) is 0.686. The third-order valence-electron chi connectivity index (χ3n) is 4.48. The number of carboxylic acid groups (broad SMARTS) is 1. The molecule has 1 aromatic carbocycles. The zero-order valence-corrected chi connectivity index (χ0v) is 13.8. The summed E-state index contributed by atoms with van der Waals surface area (Å²) in [7, 11) is 0. The van der Waals surface area contributed by atoms with Gasteiger partial charge in [0.15, 0.2) is 0 Å². The van der Waals surface area contributed by atoms with Gasteiger partial charge in [0, 0.05) is 0 Å². The molecule has 2 aliphatic rings. The monoisotopic (exact) mass is 353 g/mol. The zero-order valence-electron chi connectivity index (χ0n) is 13.0. The smallest absolute Gasteiger partial charge is 0.329 e. The minimum atomic E-state index is -0.781. The predicted octanol–water partition coefficient (Wildman–Crippen LogP) is 1.02. The van der Waals surface area contributed by atoms with E-state index in [1.54, 1.807) is 24.3 Å². The lowest BCUT2D eigenvalue weighted by atomic mass is 9.86. The summed E-state index contributed by atoms with van der Waals surface area (Å²) in [4.78, 5) is 35.9. The van der Waals surface area contributed by atoms with Gasteiger partial charge in [0.2, 0.25) is 0 Å². The fourth-order valence-electron chi connectivity index (χ4n) is 3.19. The van der Waals surface area contributed by atoms with Crippen LogP contribution in [0.25, 0.3) is 0 Å². The summed E-state index contributed by atoms with van der Waals surface area (Å²) in [6.07, 6.45) is 1.32. The van der Waals surface area contributed by atoms with Gasteiger partial charge in [-0.05, 0) is 49.5 Å². The lowest BCUT2D eigenvalue weighted by molar-refractivity contribution is -0.143. The molecular formula is C16H20ClN3O4. The van der Waals surface area contributed by atoms with Crippen LogP contribution < -0.4 is 15.5 Å². The van der Waals surface area contributed by atoms with Crippen molar-refractivity contribution in [3.63, 3.8) is 0 Å². The average Bonchev–Trinajstić information content (AvgIpc) is 3.16. The molecule has 0 bridgehead atoms. The molecule has 1 aromatic rings. The number of anilines is 1. The second-order valence-corrected chi connectivity index (χ2v) is 5.96. The molecule has 2 saturated heterocycles. The second kappa shape index (κ2) is 7.63. The standard InChI is InChI=1S/C16H19N3O4.ClH/c20-14-9-18-16(23)19(14)12-3-1-10(2-4-12)7-13(15(21)22)11-5-6-17-8-11;/h1-4,11,13,17H,5-9H2,(H,18,23)(H,21,22);1H/t11-,13-;/m0./s1. The SMILES string of the molecule is Cl.O=C(O)[C@@H](Cc1ccc(N2C(=O)CNC2=O)cc1)[C@H]1CCNC1. The van der Waals surface area contributed by atoms with Crippen LogP contribution in [0.1, 0.15) is 12.0 Å². The lowest BCUT2D eigenvalue weighted by Crippen LogP contribution is -2.30. The van der Waals surface area contributed by atoms with Gasteiger partial charge in [-0.1, -0.05) is 12.1 Å². The Morgan fingerprint density at radius 2 is 2.00 bits per heavy atom. The molecule has 0 saturated carbocycles. The van der Waals surface area contributed by atoms with E-state index in [4.69, 9.17) is 0 Å². The van der Waals surface area contributed by atoms with Gasteiger partial charge in [0.05, 0.1) is 18.2 Å². The summed E-state index contributed by atoms with van der Waals surface area (Å²) in [5.74, 6) is -1.36. The third kappa shape index (κ3) is 3.68. The molecule has 3 rings (SSSR count). The van der Waals surface area contributed by atoms with E-state index in [1.807, 2.05) is 0 Å². The maximum atomic E-state index is 11.7. The van der Waals surface area contributed by atoms with Crippen LogP contribution >= 0.6 is 12.4 Å². The van der Waals surface area contributed by atoms with Crippen LogP contribution in [-0.4, -0.2) is 42.6 Å². The first-order valence-corrected chi connectivity index (χ1v) is 7.69. The summed E-state index contributed by atoms with van der Waals surface area (Å²) < 4.78 is 0. The van der Waals surface area contributed by atoms with Crippen molar-refractivity contribution in [2.24, 2.45) is 11.8 Å². The van der Waals surface area contributed by atoms with Crippen molar-refractivity contribution in [1.29, 1.82) is 0 Å². The summed E-state index contributed by atoms with van der Waals surface area (Å²) in [6, 6.07) is 6.51. The molecular weight excluding hydrogens is 334 g/mol. The van der Waals surface area contributed by atoms with Crippen molar-refractivity contribution in [2.45, 2.75) is 12.8 Å². The van der Waals surface area contributed by atoms with Gasteiger partial charge in [-0.25, -0.2) is 9.69 Å². The second-order valence-electron chi connectivity index (χ2n) is 5.96. The highest BCUT2D eigenvalue weighted by Gasteiger charge is 2.31. The van der Waals surface area contributed by atoms with Gasteiger partial charge in [0.1, 0.15) is 0 Å². The number of imide groups is 1. The first-order chi connectivity index (χ1) is 11.1. The normalized spacial score (nSPS) is 21.3. The molecule has 3 amide bonds. The molecule has 130 valence electrons. The molecule has 3 N–H and O–H groups in total. The number of nitrogens with one attached hydrogen (secondary N) is 2. The number of hydrogen-bond donors (Lipinski definition) is 3. The highest BCUT2D eigenvalue weighted by atomic mass is 35.5. The van der Waals surface area contributed by atoms with Crippen molar-refractivity contribution in [1.82, 2.24) is 10.6 Å². The van der Waals surface area contributed by atoms with Crippen molar-refractivity contribution < 1.29 is 19.5 Å². The topological polar surface area (TPSA) is 98.7 Å². The lowest BCUT2D eigenvalue weighted by Gasteiger charge is -2.19. The van der Waals surface area contributed by atoms with Crippen LogP contribution in [0.2, 0.25) is 0 Å². The van der Waals surface area contributed by atoms with E-state index >= 15 is 0 Å². The molecule has 2 heterocycles.